The first-order chi connectivity index (χ1) is 7.89. The number of alkyl halides is 3. The summed E-state index contributed by atoms with van der Waals surface area (Å²) in [6.07, 6.45) is -2.49. The van der Waals surface area contributed by atoms with E-state index in [1.807, 2.05) is 0 Å². The lowest BCUT2D eigenvalue weighted by molar-refractivity contribution is -0.141. The van der Waals surface area contributed by atoms with Crippen LogP contribution in [0.25, 0.3) is 0 Å². The number of hydrogen-bond acceptors (Lipinski definition) is 2. The summed E-state index contributed by atoms with van der Waals surface area (Å²) in [5.41, 5.74) is -0.436. The first kappa shape index (κ1) is 13.5. The highest BCUT2D eigenvalue weighted by atomic mass is 19.4. The maximum Gasteiger partial charge on any atom is 0.435 e. The van der Waals surface area contributed by atoms with E-state index in [0.29, 0.717) is 25.1 Å². The van der Waals surface area contributed by atoms with Crippen LogP contribution in [0.15, 0.2) is 6.07 Å². The van der Waals surface area contributed by atoms with Crippen LogP contribution in [-0.2, 0) is 17.4 Å². The van der Waals surface area contributed by atoms with Crippen molar-refractivity contribution in [1.29, 1.82) is 0 Å². The van der Waals surface area contributed by atoms with Crippen molar-refractivity contribution in [3.05, 3.63) is 17.5 Å². The van der Waals surface area contributed by atoms with E-state index in [9.17, 15) is 18.0 Å². The van der Waals surface area contributed by atoms with Crippen LogP contribution in [0, 0.1) is 0 Å². The molecule has 1 aromatic heterocycles. The summed E-state index contributed by atoms with van der Waals surface area (Å²) in [4.78, 5) is 10.5. The minimum absolute atomic E-state index is 0.106. The van der Waals surface area contributed by atoms with Gasteiger partial charge in [-0.2, -0.15) is 18.3 Å². The lowest BCUT2D eigenvalue weighted by Gasteiger charge is -2.01. The Morgan fingerprint density at radius 1 is 1.47 bits per heavy atom. The number of aromatic amines is 1. The number of nitrogens with one attached hydrogen (secondary N) is 2. The van der Waals surface area contributed by atoms with E-state index in [1.165, 1.54) is 6.92 Å². The monoisotopic (exact) mass is 249 g/mol. The SMILES string of the molecule is CC(=O)NCCCCc1cc(C(F)(F)F)n[nH]1. The average Bonchev–Trinajstić information content (AvgIpc) is 2.64. The van der Waals surface area contributed by atoms with Gasteiger partial charge in [0.05, 0.1) is 0 Å². The molecule has 4 nitrogen and oxygen atoms in total. The zero-order valence-electron chi connectivity index (χ0n) is 9.40. The standard InChI is InChI=1S/C10H14F3N3O/c1-7(17)14-5-3-2-4-8-6-9(16-15-8)10(11,12)13/h6H,2-5H2,1H3,(H,14,17)(H,15,16). The van der Waals surface area contributed by atoms with Crippen molar-refractivity contribution in [3.8, 4) is 0 Å². The second kappa shape index (κ2) is 5.70. The molecule has 0 aliphatic carbocycles. The van der Waals surface area contributed by atoms with Gasteiger partial charge in [0.15, 0.2) is 5.69 Å². The van der Waals surface area contributed by atoms with Crippen molar-refractivity contribution < 1.29 is 18.0 Å². The summed E-state index contributed by atoms with van der Waals surface area (Å²) in [6, 6.07) is 1.01. The molecule has 0 saturated carbocycles. The number of halogens is 3. The minimum atomic E-state index is -4.40. The van der Waals surface area contributed by atoms with Crippen LogP contribution in [0.3, 0.4) is 0 Å². The van der Waals surface area contributed by atoms with Crippen LogP contribution in [0.1, 0.15) is 31.2 Å². The highest BCUT2D eigenvalue weighted by Gasteiger charge is 2.33. The van der Waals surface area contributed by atoms with Gasteiger partial charge in [-0.1, -0.05) is 0 Å². The third-order valence-corrected chi connectivity index (χ3v) is 2.17. The van der Waals surface area contributed by atoms with Crippen LogP contribution in [-0.4, -0.2) is 22.6 Å². The molecular weight excluding hydrogens is 235 g/mol. The fourth-order valence-corrected chi connectivity index (χ4v) is 1.34. The Hall–Kier alpha value is -1.53. The molecule has 0 aliphatic heterocycles. The van der Waals surface area contributed by atoms with E-state index >= 15 is 0 Å². The minimum Gasteiger partial charge on any atom is -0.356 e. The number of H-pyrrole nitrogens is 1. The molecule has 0 fully saturated rings. The smallest absolute Gasteiger partial charge is 0.356 e. The molecule has 1 heterocycles. The zero-order chi connectivity index (χ0) is 12.9. The normalized spacial score (nSPS) is 11.5. The molecule has 0 spiro atoms. The fourth-order valence-electron chi connectivity index (χ4n) is 1.34. The van der Waals surface area contributed by atoms with Crippen LogP contribution in [0.4, 0.5) is 13.2 Å². The van der Waals surface area contributed by atoms with Crippen molar-refractivity contribution >= 4 is 5.91 Å². The van der Waals surface area contributed by atoms with Gasteiger partial charge in [0, 0.05) is 19.2 Å². The van der Waals surface area contributed by atoms with E-state index in [0.717, 1.165) is 12.5 Å². The number of carbonyl (C=O) groups is 1. The maximum atomic E-state index is 12.2. The van der Waals surface area contributed by atoms with E-state index in [4.69, 9.17) is 0 Å². The number of aryl methyl sites for hydroxylation is 1. The number of nitrogens with zero attached hydrogens (tertiary/aromatic N) is 1. The first-order valence-corrected chi connectivity index (χ1v) is 5.25. The molecule has 0 unspecified atom stereocenters. The molecule has 0 radical (unpaired) electrons. The van der Waals surface area contributed by atoms with Gasteiger partial charge in [-0.05, 0) is 25.3 Å². The van der Waals surface area contributed by atoms with E-state index in [1.54, 1.807) is 0 Å². The first-order valence-electron chi connectivity index (χ1n) is 5.25. The second-order valence-electron chi connectivity index (χ2n) is 3.72. The highest BCUT2D eigenvalue weighted by Crippen LogP contribution is 2.27. The van der Waals surface area contributed by atoms with Crippen molar-refractivity contribution in [2.75, 3.05) is 6.54 Å². The molecule has 1 rings (SSSR count). The van der Waals surface area contributed by atoms with Gasteiger partial charge in [-0.3, -0.25) is 9.89 Å². The van der Waals surface area contributed by atoms with E-state index in [2.05, 4.69) is 15.5 Å². The van der Waals surface area contributed by atoms with Gasteiger partial charge >= 0.3 is 6.18 Å². The Balaban J connectivity index is 2.28. The lowest BCUT2D eigenvalue weighted by atomic mass is 10.2. The summed E-state index contributed by atoms with van der Waals surface area (Å²) >= 11 is 0. The summed E-state index contributed by atoms with van der Waals surface area (Å²) < 4.78 is 36.6. The molecule has 1 aromatic rings. The summed E-state index contributed by atoms with van der Waals surface area (Å²) in [6.45, 7) is 1.96. The van der Waals surface area contributed by atoms with Crippen molar-refractivity contribution in [2.24, 2.45) is 0 Å². The van der Waals surface area contributed by atoms with E-state index in [-0.39, 0.29) is 5.91 Å². The van der Waals surface area contributed by atoms with Gasteiger partial charge < -0.3 is 5.32 Å². The van der Waals surface area contributed by atoms with Gasteiger partial charge in [-0.25, -0.2) is 0 Å². The van der Waals surface area contributed by atoms with Gasteiger partial charge in [0.2, 0.25) is 5.91 Å². The number of aromatic nitrogens is 2. The molecule has 7 heteroatoms. The molecule has 2 N–H and O–H groups in total. The van der Waals surface area contributed by atoms with Gasteiger partial charge in [0.25, 0.3) is 0 Å². The second-order valence-corrected chi connectivity index (χ2v) is 3.72. The Morgan fingerprint density at radius 3 is 2.71 bits per heavy atom. The average molecular weight is 249 g/mol. The Bertz CT molecular complexity index is 373. The highest BCUT2D eigenvalue weighted by molar-refractivity contribution is 5.72. The molecule has 0 aromatic carbocycles. The third-order valence-electron chi connectivity index (χ3n) is 2.17. The van der Waals surface area contributed by atoms with E-state index < -0.39 is 11.9 Å². The van der Waals surface area contributed by atoms with Crippen molar-refractivity contribution in [1.82, 2.24) is 15.5 Å². The van der Waals surface area contributed by atoms with Crippen LogP contribution in [0.5, 0.6) is 0 Å². The van der Waals surface area contributed by atoms with Crippen LogP contribution < -0.4 is 5.32 Å². The van der Waals surface area contributed by atoms with Crippen molar-refractivity contribution in [2.45, 2.75) is 32.4 Å². The lowest BCUT2D eigenvalue weighted by Crippen LogP contribution is -2.20. The fraction of sp³-hybridized carbons (Fsp3) is 0.600. The summed E-state index contributed by atoms with van der Waals surface area (Å²) in [5, 5.41) is 8.17. The van der Waals surface area contributed by atoms with Crippen molar-refractivity contribution in [3.63, 3.8) is 0 Å². The Morgan fingerprint density at radius 2 is 2.18 bits per heavy atom. The number of amides is 1. The van der Waals surface area contributed by atoms with Crippen LogP contribution >= 0.6 is 0 Å². The molecule has 0 saturated heterocycles. The van der Waals surface area contributed by atoms with Gasteiger partial charge in [0.1, 0.15) is 0 Å². The zero-order valence-corrected chi connectivity index (χ0v) is 9.40. The summed E-state index contributed by atoms with van der Waals surface area (Å²) in [5.74, 6) is -0.106. The quantitative estimate of drug-likeness (QED) is 0.783. The summed E-state index contributed by atoms with van der Waals surface area (Å²) in [7, 11) is 0. The molecule has 17 heavy (non-hydrogen) atoms. The molecule has 1 amide bonds. The Labute approximate surface area is 96.6 Å². The molecule has 96 valence electrons. The van der Waals surface area contributed by atoms with Crippen LogP contribution in [0.2, 0.25) is 0 Å². The topological polar surface area (TPSA) is 57.8 Å². The molecule has 0 aliphatic rings. The predicted molar refractivity (Wildman–Crippen MR) is 55.2 cm³/mol. The number of unbranched alkanes of at least 4 members (excludes halogenated alkanes) is 1. The number of carbonyl (C=O) groups excluding carboxylic acids is 1. The third kappa shape index (κ3) is 4.88. The predicted octanol–water partition coefficient (Wildman–Crippen LogP) is 1.89. The number of rotatable bonds is 5. The van der Waals surface area contributed by atoms with Gasteiger partial charge in [-0.15, -0.1) is 0 Å². The largest absolute Gasteiger partial charge is 0.435 e. The number of hydrogen-bond donors (Lipinski definition) is 2. The molecule has 0 bridgehead atoms. The Kier molecular flexibility index (Phi) is 4.53. The molecule has 0 atom stereocenters. The maximum absolute atomic E-state index is 12.2. The molecular formula is C10H14F3N3O.